The average Bonchev–Trinajstić information content (AvgIpc) is 3.25. The van der Waals surface area contributed by atoms with Crippen molar-refractivity contribution in [3.63, 3.8) is 0 Å². The molecule has 0 saturated heterocycles. The summed E-state index contributed by atoms with van der Waals surface area (Å²) >= 11 is 0. The van der Waals surface area contributed by atoms with Gasteiger partial charge in [0, 0.05) is 29.2 Å². The molecule has 0 atom stereocenters. The van der Waals surface area contributed by atoms with E-state index in [9.17, 15) is 4.79 Å². The quantitative estimate of drug-likeness (QED) is 0.930. The Bertz CT molecular complexity index is 684. The second-order valence-corrected chi connectivity index (χ2v) is 5.57. The first-order valence-corrected chi connectivity index (χ1v) is 7.24. The number of hydrogen-bond acceptors (Lipinski definition) is 2. The molecule has 1 saturated carbocycles. The van der Waals surface area contributed by atoms with Crippen LogP contribution in [-0.4, -0.2) is 17.6 Å². The zero-order valence-electron chi connectivity index (χ0n) is 12.6. The van der Waals surface area contributed by atoms with Crippen LogP contribution in [0, 0.1) is 13.8 Å². The number of nitrogens with one attached hydrogen (secondary N) is 1. The Morgan fingerprint density at radius 3 is 2.71 bits per heavy atom. The molecule has 0 bridgehead atoms. The number of ether oxygens (including phenoxy) is 1. The van der Waals surface area contributed by atoms with Crippen LogP contribution in [-0.2, 0) is 0 Å². The summed E-state index contributed by atoms with van der Waals surface area (Å²) in [5.41, 5.74) is 3.71. The normalized spacial score (nSPS) is 14.0. The molecule has 1 aliphatic rings. The topological polar surface area (TPSA) is 43.3 Å². The molecule has 1 aromatic heterocycles. The maximum Gasteiger partial charge on any atom is 0.257 e. The van der Waals surface area contributed by atoms with Crippen molar-refractivity contribution in [2.45, 2.75) is 32.7 Å². The minimum absolute atomic E-state index is 0.0664. The summed E-state index contributed by atoms with van der Waals surface area (Å²) in [6.45, 7) is 4.08. The summed E-state index contributed by atoms with van der Waals surface area (Å²) in [5, 5.41) is 2.94. The average molecular weight is 284 g/mol. The van der Waals surface area contributed by atoms with Crippen molar-refractivity contribution in [2.75, 3.05) is 12.4 Å². The number of rotatable bonds is 4. The van der Waals surface area contributed by atoms with Gasteiger partial charge >= 0.3 is 0 Å². The molecule has 1 N–H and O–H groups in total. The highest BCUT2D eigenvalue weighted by Gasteiger charge is 2.28. The molecule has 0 radical (unpaired) electrons. The second-order valence-electron chi connectivity index (χ2n) is 5.57. The van der Waals surface area contributed by atoms with Gasteiger partial charge in [0.15, 0.2) is 0 Å². The number of anilines is 1. The van der Waals surface area contributed by atoms with Crippen LogP contribution in [0.4, 0.5) is 5.69 Å². The fourth-order valence-corrected chi connectivity index (χ4v) is 2.80. The Labute approximate surface area is 124 Å². The lowest BCUT2D eigenvalue weighted by molar-refractivity contribution is 0.102. The Hall–Kier alpha value is -2.23. The van der Waals surface area contributed by atoms with Gasteiger partial charge in [0.25, 0.3) is 5.91 Å². The molecule has 21 heavy (non-hydrogen) atoms. The summed E-state index contributed by atoms with van der Waals surface area (Å²) in [7, 11) is 1.62. The molecule has 1 aromatic carbocycles. The molecule has 4 nitrogen and oxygen atoms in total. The third kappa shape index (κ3) is 2.66. The first-order chi connectivity index (χ1) is 10.1. The molecule has 1 amide bonds. The van der Waals surface area contributed by atoms with Crippen molar-refractivity contribution in [3.05, 3.63) is 47.3 Å². The number of hydrogen-bond donors (Lipinski definition) is 1. The van der Waals surface area contributed by atoms with Gasteiger partial charge < -0.3 is 14.6 Å². The van der Waals surface area contributed by atoms with Crippen LogP contribution >= 0.6 is 0 Å². The van der Waals surface area contributed by atoms with Crippen LogP contribution in [0.5, 0.6) is 5.75 Å². The summed E-state index contributed by atoms with van der Waals surface area (Å²) in [6, 6.07) is 9.96. The highest BCUT2D eigenvalue weighted by atomic mass is 16.5. The van der Waals surface area contributed by atoms with E-state index in [-0.39, 0.29) is 5.91 Å². The number of nitrogens with zero attached hydrogens (tertiary/aromatic N) is 1. The predicted octanol–water partition coefficient (Wildman–Crippen LogP) is 3.70. The maximum atomic E-state index is 12.5. The first kappa shape index (κ1) is 13.7. The van der Waals surface area contributed by atoms with E-state index in [0.717, 1.165) is 28.4 Å². The lowest BCUT2D eigenvalue weighted by Gasteiger charge is -2.09. The molecule has 2 aromatic rings. The molecule has 1 fully saturated rings. The van der Waals surface area contributed by atoms with Gasteiger partial charge in [0.05, 0.1) is 12.7 Å². The van der Waals surface area contributed by atoms with Gasteiger partial charge in [-0.05, 0) is 44.9 Å². The summed E-state index contributed by atoms with van der Waals surface area (Å²) in [4.78, 5) is 12.5. The first-order valence-electron chi connectivity index (χ1n) is 7.24. The minimum atomic E-state index is -0.0664. The van der Waals surface area contributed by atoms with Gasteiger partial charge in [-0.2, -0.15) is 0 Å². The summed E-state index contributed by atoms with van der Waals surface area (Å²) in [6.07, 6.45) is 2.43. The molecule has 0 unspecified atom stereocenters. The second kappa shape index (κ2) is 5.28. The number of amides is 1. The Kier molecular flexibility index (Phi) is 3.45. The Morgan fingerprint density at radius 1 is 1.29 bits per heavy atom. The molecule has 1 aliphatic carbocycles. The van der Waals surface area contributed by atoms with Gasteiger partial charge in [-0.15, -0.1) is 0 Å². The molecule has 0 aliphatic heterocycles. The van der Waals surface area contributed by atoms with E-state index in [2.05, 4.69) is 16.8 Å². The molecule has 4 heteroatoms. The number of methoxy groups -OCH3 is 1. The number of aryl methyl sites for hydroxylation is 1. The van der Waals surface area contributed by atoms with Crippen LogP contribution in [0.15, 0.2) is 30.3 Å². The number of carbonyl (C=O) groups is 1. The third-order valence-corrected chi connectivity index (χ3v) is 3.97. The number of carbonyl (C=O) groups excluding carboxylic acids is 1. The van der Waals surface area contributed by atoms with Crippen molar-refractivity contribution in [3.8, 4) is 5.75 Å². The zero-order valence-corrected chi connectivity index (χ0v) is 12.6. The molecule has 3 rings (SSSR count). The van der Waals surface area contributed by atoms with E-state index >= 15 is 0 Å². The van der Waals surface area contributed by atoms with Crippen molar-refractivity contribution in [1.29, 1.82) is 0 Å². The van der Waals surface area contributed by atoms with E-state index in [1.807, 2.05) is 37.3 Å². The SMILES string of the molecule is COc1cccc(NC(=O)c2cc(C)n(C3CC3)c2C)c1. The van der Waals surface area contributed by atoms with Crippen LogP contribution in [0.1, 0.15) is 40.6 Å². The number of aromatic nitrogens is 1. The zero-order chi connectivity index (χ0) is 15.0. The predicted molar refractivity (Wildman–Crippen MR) is 83.1 cm³/mol. The van der Waals surface area contributed by atoms with Gasteiger partial charge in [-0.25, -0.2) is 0 Å². The fraction of sp³-hybridized carbons (Fsp3) is 0.353. The van der Waals surface area contributed by atoms with E-state index in [1.54, 1.807) is 7.11 Å². The van der Waals surface area contributed by atoms with Crippen LogP contribution in [0.3, 0.4) is 0 Å². The van der Waals surface area contributed by atoms with Crippen LogP contribution in [0.25, 0.3) is 0 Å². The minimum Gasteiger partial charge on any atom is -0.497 e. The lowest BCUT2D eigenvalue weighted by Crippen LogP contribution is -2.13. The lowest BCUT2D eigenvalue weighted by atomic mass is 10.2. The largest absolute Gasteiger partial charge is 0.497 e. The smallest absolute Gasteiger partial charge is 0.257 e. The van der Waals surface area contributed by atoms with Gasteiger partial charge in [-0.1, -0.05) is 6.07 Å². The van der Waals surface area contributed by atoms with E-state index < -0.39 is 0 Å². The summed E-state index contributed by atoms with van der Waals surface area (Å²) in [5.74, 6) is 0.666. The highest BCUT2D eigenvalue weighted by molar-refractivity contribution is 6.05. The van der Waals surface area contributed by atoms with Crippen LogP contribution in [0.2, 0.25) is 0 Å². The van der Waals surface area contributed by atoms with E-state index in [4.69, 9.17) is 4.74 Å². The third-order valence-electron chi connectivity index (χ3n) is 3.97. The van der Waals surface area contributed by atoms with Crippen molar-refractivity contribution in [1.82, 2.24) is 4.57 Å². The summed E-state index contributed by atoms with van der Waals surface area (Å²) < 4.78 is 7.45. The molecule has 0 spiro atoms. The van der Waals surface area contributed by atoms with E-state index in [1.165, 1.54) is 12.8 Å². The van der Waals surface area contributed by atoms with Gasteiger partial charge in [0.1, 0.15) is 5.75 Å². The number of benzene rings is 1. The highest BCUT2D eigenvalue weighted by Crippen LogP contribution is 2.38. The Morgan fingerprint density at radius 2 is 2.05 bits per heavy atom. The molecular weight excluding hydrogens is 264 g/mol. The van der Waals surface area contributed by atoms with Crippen molar-refractivity contribution >= 4 is 11.6 Å². The molecular formula is C17H20N2O2. The molecule has 1 heterocycles. The standard InChI is InChI=1S/C17H20N2O2/c1-11-9-16(12(2)19(11)14-7-8-14)17(20)18-13-5-4-6-15(10-13)21-3/h4-6,9-10,14H,7-8H2,1-3H3,(H,18,20). The maximum absolute atomic E-state index is 12.5. The van der Waals surface area contributed by atoms with Gasteiger partial charge in [0.2, 0.25) is 0 Å². The fourth-order valence-electron chi connectivity index (χ4n) is 2.80. The molecule has 110 valence electrons. The van der Waals surface area contributed by atoms with Crippen molar-refractivity contribution in [2.24, 2.45) is 0 Å². The van der Waals surface area contributed by atoms with E-state index in [0.29, 0.717) is 6.04 Å². The Balaban J connectivity index is 1.83. The van der Waals surface area contributed by atoms with Gasteiger partial charge in [-0.3, -0.25) is 4.79 Å². The van der Waals surface area contributed by atoms with Crippen LogP contribution < -0.4 is 10.1 Å². The van der Waals surface area contributed by atoms with Crippen molar-refractivity contribution < 1.29 is 9.53 Å². The monoisotopic (exact) mass is 284 g/mol.